The highest BCUT2D eigenvalue weighted by Crippen LogP contribution is 2.33. The van der Waals surface area contributed by atoms with E-state index in [1.165, 1.54) is 42.2 Å². The fourth-order valence-electron chi connectivity index (χ4n) is 2.21. The van der Waals surface area contributed by atoms with Crippen LogP contribution in [0.2, 0.25) is 0 Å². The van der Waals surface area contributed by atoms with Gasteiger partial charge in [0.15, 0.2) is 5.82 Å². The summed E-state index contributed by atoms with van der Waals surface area (Å²) < 4.78 is 33.9. The molecule has 4 nitrogen and oxygen atoms in total. The minimum atomic E-state index is -0.718. The van der Waals surface area contributed by atoms with Crippen LogP contribution in [0.25, 0.3) is 10.2 Å². The van der Waals surface area contributed by atoms with E-state index >= 15 is 0 Å². The lowest BCUT2D eigenvalue weighted by atomic mass is 10.1. The maximum absolute atomic E-state index is 14.7. The first-order valence-electron chi connectivity index (χ1n) is 6.68. The summed E-state index contributed by atoms with van der Waals surface area (Å²) in [7, 11) is 1.20. The predicted molar refractivity (Wildman–Crippen MR) is 85.3 cm³/mol. The first-order valence-corrected chi connectivity index (χ1v) is 7.56. The van der Waals surface area contributed by atoms with E-state index in [2.05, 4.69) is 15.0 Å². The van der Waals surface area contributed by atoms with Crippen molar-refractivity contribution in [3.63, 3.8) is 0 Å². The van der Waals surface area contributed by atoms with Crippen LogP contribution in [0.15, 0.2) is 29.8 Å². The van der Waals surface area contributed by atoms with Crippen LogP contribution in [-0.2, 0) is 4.74 Å². The monoisotopic (exact) mass is 334 g/mol. The molecule has 0 saturated heterocycles. The predicted octanol–water partition coefficient (Wildman–Crippen LogP) is 4.41. The molecule has 118 valence electrons. The van der Waals surface area contributed by atoms with E-state index in [9.17, 15) is 13.6 Å². The number of nitrogens with one attached hydrogen (secondary N) is 1. The molecular weight excluding hydrogens is 322 g/mol. The van der Waals surface area contributed by atoms with Gasteiger partial charge >= 0.3 is 5.97 Å². The Bertz CT molecular complexity index is 908. The summed E-state index contributed by atoms with van der Waals surface area (Å²) in [4.78, 5) is 15.9. The molecule has 0 amide bonds. The van der Waals surface area contributed by atoms with Crippen LogP contribution < -0.4 is 5.32 Å². The highest BCUT2D eigenvalue weighted by Gasteiger charge is 2.21. The molecule has 7 heteroatoms. The number of aryl methyl sites for hydroxylation is 1. The Morgan fingerprint density at radius 1 is 1.30 bits per heavy atom. The quantitative estimate of drug-likeness (QED) is 0.721. The number of rotatable bonds is 3. The zero-order valence-corrected chi connectivity index (χ0v) is 13.1. The van der Waals surface area contributed by atoms with E-state index in [1.54, 1.807) is 13.0 Å². The van der Waals surface area contributed by atoms with Gasteiger partial charge in [0.05, 0.1) is 34.3 Å². The fourth-order valence-corrected chi connectivity index (χ4v) is 2.92. The van der Waals surface area contributed by atoms with Crippen LogP contribution in [0.1, 0.15) is 15.9 Å². The van der Waals surface area contributed by atoms with E-state index < -0.39 is 17.6 Å². The van der Waals surface area contributed by atoms with Crippen LogP contribution in [0.3, 0.4) is 0 Å². The van der Waals surface area contributed by atoms with Gasteiger partial charge in [-0.25, -0.2) is 18.6 Å². The second-order valence-corrected chi connectivity index (χ2v) is 5.80. The van der Waals surface area contributed by atoms with Gasteiger partial charge in [-0.3, -0.25) is 0 Å². The van der Waals surface area contributed by atoms with Crippen LogP contribution in [0, 0.1) is 18.6 Å². The van der Waals surface area contributed by atoms with Gasteiger partial charge in [0.25, 0.3) is 0 Å². The molecule has 0 aliphatic carbocycles. The molecular formula is C16H12F2N2O2S. The number of anilines is 2. The number of carbonyl (C=O) groups is 1. The Balaban J connectivity index is 2.17. The topological polar surface area (TPSA) is 51.2 Å². The van der Waals surface area contributed by atoms with Gasteiger partial charge in [-0.15, -0.1) is 11.3 Å². The van der Waals surface area contributed by atoms with Gasteiger partial charge in [-0.05, 0) is 30.7 Å². The number of nitrogens with zero attached hydrogens (tertiary/aromatic N) is 1. The maximum atomic E-state index is 14.7. The minimum absolute atomic E-state index is 0.0123. The van der Waals surface area contributed by atoms with Gasteiger partial charge in [0.2, 0.25) is 0 Å². The van der Waals surface area contributed by atoms with Crippen LogP contribution >= 0.6 is 11.3 Å². The van der Waals surface area contributed by atoms with Gasteiger partial charge in [-0.1, -0.05) is 6.07 Å². The second kappa shape index (κ2) is 5.92. The lowest BCUT2D eigenvalue weighted by Crippen LogP contribution is -2.08. The molecule has 0 aliphatic heterocycles. The largest absolute Gasteiger partial charge is 0.465 e. The number of hydrogen-bond acceptors (Lipinski definition) is 5. The van der Waals surface area contributed by atoms with Crippen molar-refractivity contribution in [1.29, 1.82) is 0 Å². The molecule has 0 unspecified atom stereocenters. The van der Waals surface area contributed by atoms with E-state index in [4.69, 9.17) is 0 Å². The second-order valence-electron chi connectivity index (χ2n) is 4.91. The Labute approximate surface area is 134 Å². The number of ether oxygens (including phenoxy) is 1. The smallest absolute Gasteiger partial charge is 0.340 e. The molecule has 0 saturated carbocycles. The summed E-state index contributed by atoms with van der Waals surface area (Å²) in [6.07, 6.45) is 0. The zero-order chi connectivity index (χ0) is 16.6. The summed E-state index contributed by atoms with van der Waals surface area (Å²) >= 11 is 1.20. The molecule has 23 heavy (non-hydrogen) atoms. The lowest BCUT2D eigenvalue weighted by Gasteiger charge is -2.13. The number of methoxy groups -OCH3 is 1. The van der Waals surface area contributed by atoms with Crippen molar-refractivity contribution in [2.75, 3.05) is 12.4 Å². The summed E-state index contributed by atoms with van der Waals surface area (Å²) in [6.45, 7) is 1.74. The van der Waals surface area contributed by atoms with Crippen LogP contribution in [0.4, 0.5) is 20.2 Å². The summed E-state index contributed by atoms with van der Waals surface area (Å²) in [5.74, 6) is -1.98. The van der Waals surface area contributed by atoms with Crippen molar-refractivity contribution >= 4 is 38.9 Å². The van der Waals surface area contributed by atoms with Gasteiger partial charge in [-0.2, -0.15) is 0 Å². The van der Waals surface area contributed by atoms with Crippen molar-refractivity contribution in [3.8, 4) is 0 Å². The fraction of sp³-hybridized carbons (Fsp3) is 0.125. The Morgan fingerprint density at radius 2 is 2.09 bits per heavy atom. The number of aromatic nitrogens is 1. The van der Waals surface area contributed by atoms with E-state index in [1.807, 2.05) is 0 Å². The van der Waals surface area contributed by atoms with Crippen LogP contribution in [0.5, 0.6) is 0 Å². The Hall–Kier alpha value is -2.54. The van der Waals surface area contributed by atoms with Gasteiger partial charge in [0, 0.05) is 0 Å². The molecule has 0 spiro atoms. The highest BCUT2D eigenvalue weighted by atomic mass is 32.1. The maximum Gasteiger partial charge on any atom is 0.340 e. The van der Waals surface area contributed by atoms with Crippen molar-refractivity contribution < 1.29 is 18.3 Å². The molecule has 0 aliphatic rings. The number of esters is 1. The molecule has 3 rings (SSSR count). The molecule has 0 radical (unpaired) electrons. The van der Waals surface area contributed by atoms with Crippen molar-refractivity contribution in [3.05, 3.63) is 52.5 Å². The number of hydrogen-bond donors (Lipinski definition) is 1. The third-order valence-corrected chi connectivity index (χ3v) is 4.13. The van der Waals surface area contributed by atoms with Gasteiger partial charge < -0.3 is 10.1 Å². The SMILES string of the molecule is COC(=O)c1cc2scnc2c(F)c1Nc1ccc(C)cc1F. The van der Waals surface area contributed by atoms with Gasteiger partial charge in [0.1, 0.15) is 11.3 Å². The number of benzene rings is 2. The number of carbonyl (C=O) groups excluding carboxylic acids is 1. The summed E-state index contributed by atoms with van der Waals surface area (Å²) in [6, 6.07) is 5.97. The summed E-state index contributed by atoms with van der Waals surface area (Å²) in [5.41, 5.74) is 2.23. The van der Waals surface area contributed by atoms with Crippen molar-refractivity contribution in [2.24, 2.45) is 0 Å². The van der Waals surface area contributed by atoms with E-state index in [0.29, 0.717) is 4.70 Å². The molecule has 1 heterocycles. The molecule has 1 N–H and O–H groups in total. The molecule has 1 aromatic heterocycles. The molecule has 0 bridgehead atoms. The molecule has 0 atom stereocenters. The normalized spacial score (nSPS) is 10.8. The Morgan fingerprint density at radius 3 is 2.78 bits per heavy atom. The third kappa shape index (κ3) is 2.75. The van der Waals surface area contributed by atoms with Crippen molar-refractivity contribution in [2.45, 2.75) is 6.92 Å². The van der Waals surface area contributed by atoms with E-state index in [-0.39, 0.29) is 22.5 Å². The average Bonchev–Trinajstić information content (AvgIpc) is 3.00. The lowest BCUT2D eigenvalue weighted by molar-refractivity contribution is 0.0601. The zero-order valence-electron chi connectivity index (χ0n) is 12.3. The highest BCUT2D eigenvalue weighted by molar-refractivity contribution is 7.16. The molecule has 2 aromatic carbocycles. The first-order chi connectivity index (χ1) is 11.0. The Kier molecular flexibility index (Phi) is 3.96. The minimum Gasteiger partial charge on any atom is -0.465 e. The average molecular weight is 334 g/mol. The summed E-state index contributed by atoms with van der Waals surface area (Å²) in [5, 5.41) is 2.65. The van der Waals surface area contributed by atoms with Crippen molar-refractivity contribution in [1.82, 2.24) is 4.98 Å². The van der Waals surface area contributed by atoms with Crippen LogP contribution in [-0.4, -0.2) is 18.1 Å². The first kappa shape index (κ1) is 15.4. The number of thiazole rings is 1. The molecule has 0 fully saturated rings. The van der Waals surface area contributed by atoms with E-state index in [0.717, 1.165) is 5.56 Å². The third-order valence-electron chi connectivity index (χ3n) is 3.36. The number of fused-ring (bicyclic) bond motifs is 1. The number of halogens is 2. The molecule has 3 aromatic rings. The standard InChI is InChI=1S/C16H12F2N2O2S/c1-8-3-4-11(10(17)5-8)20-14-9(16(21)22-2)6-12-15(13(14)18)19-7-23-12/h3-7,20H,1-2H3.